The maximum atomic E-state index is 13.2. The molecule has 2 N–H and O–H groups in total. The largest absolute Gasteiger partial charge is 0.398 e. The number of anilines is 2. The Labute approximate surface area is 159 Å². The zero-order valence-corrected chi connectivity index (χ0v) is 15.6. The molecule has 0 radical (unpaired) electrons. The first-order chi connectivity index (χ1) is 13.0. The number of nitrogens with two attached hydrogens (primary N) is 1. The topological polar surface area (TPSA) is 66.6 Å². The number of carbonyl (C=O) groups is 2. The monoisotopic (exact) mass is 363 g/mol. The molecular formula is C22H25N3O2. The van der Waals surface area contributed by atoms with Gasteiger partial charge in [-0.15, -0.1) is 0 Å². The Morgan fingerprint density at radius 1 is 1.19 bits per heavy atom. The number of amides is 2. The smallest absolute Gasteiger partial charge is 0.232 e. The van der Waals surface area contributed by atoms with Crippen LogP contribution in [0.15, 0.2) is 42.5 Å². The average Bonchev–Trinajstić information content (AvgIpc) is 3.03. The van der Waals surface area contributed by atoms with E-state index in [-0.39, 0.29) is 17.7 Å². The highest BCUT2D eigenvalue weighted by molar-refractivity contribution is 6.00. The fraction of sp³-hybridized carbons (Fsp3) is 0.364. The summed E-state index contributed by atoms with van der Waals surface area (Å²) in [6.45, 7) is 3.78. The van der Waals surface area contributed by atoms with Crippen molar-refractivity contribution in [2.75, 3.05) is 23.7 Å². The number of fused-ring (bicyclic) bond motifs is 1. The summed E-state index contributed by atoms with van der Waals surface area (Å²) in [5, 5.41) is 0. The fourth-order valence-electron chi connectivity index (χ4n) is 4.11. The number of benzene rings is 2. The Hall–Kier alpha value is -2.82. The summed E-state index contributed by atoms with van der Waals surface area (Å²) in [4.78, 5) is 29.3. The molecule has 2 aromatic rings. The molecule has 0 bridgehead atoms. The molecule has 1 saturated heterocycles. The first-order valence-electron chi connectivity index (χ1n) is 9.55. The van der Waals surface area contributed by atoms with E-state index in [1.165, 1.54) is 5.56 Å². The molecule has 0 saturated carbocycles. The van der Waals surface area contributed by atoms with E-state index in [1.54, 1.807) is 4.90 Å². The number of carbonyl (C=O) groups excluding carboxylic acids is 2. The van der Waals surface area contributed by atoms with Crippen molar-refractivity contribution in [3.05, 3.63) is 59.2 Å². The van der Waals surface area contributed by atoms with Gasteiger partial charge < -0.3 is 15.5 Å². The van der Waals surface area contributed by atoms with Crippen molar-refractivity contribution in [1.82, 2.24) is 4.90 Å². The highest BCUT2D eigenvalue weighted by atomic mass is 16.2. The van der Waals surface area contributed by atoms with Crippen LogP contribution >= 0.6 is 0 Å². The van der Waals surface area contributed by atoms with Gasteiger partial charge in [0.15, 0.2) is 0 Å². The predicted molar refractivity (Wildman–Crippen MR) is 106 cm³/mol. The molecule has 5 nitrogen and oxygen atoms in total. The first-order valence-corrected chi connectivity index (χ1v) is 9.55. The van der Waals surface area contributed by atoms with Crippen LogP contribution in [0.2, 0.25) is 0 Å². The molecule has 0 aliphatic carbocycles. The highest BCUT2D eigenvalue weighted by Gasteiger charge is 2.38. The third kappa shape index (κ3) is 3.42. The molecule has 2 aliphatic rings. The number of nitrogens with zero attached hydrogens (tertiary/aromatic N) is 2. The maximum absolute atomic E-state index is 13.2. The molecule has 2 amide bonds. The van der Waals surface area contributed by atoms with Crippen molar-refractivity contribution in [1.29, 1.82) is 0 Å². The van der Waals surface area contributed by atoms with Crippen LogP contribution < -0.4 is 10.6 Å². The van der Waals surface area contributed by atoms with Gasteiger partial charge in [-0.2, -0.15) is 0 Å². The normalized spacial score (nSPS) is 19.3. The van der Waals surface area contributed by atoms with E-state index in [4.69, 9.17) is 5.73 Å². The van der Waals surface area contributed by atoms with Crippen molar-refractivity contribution < 1.29 is 9.59 Å². The van der Waals surface area contributed by atoms with E-state index >= 15 is 0 Å². The van der Waals surface area contributed by atoms with Gasteiger partial charge in [-0.3, -0.25) is 9.59 Å². The predicted octanol–water partition coefficient (Wildman–Crippen LogP) is 2.91. The van der Waals surface area contributed by atoms with Crippen molar-refractivity contribution in [3.8, 4) is 0 Å². The standard InChI is InChI=1S/C22H25N3O2/c1-15-7-9-16(10-8-15)13-24-14-17(12-21(24)26)22(27)25-11-3-4-18-19(23)5-2-6-20(18)25/h2,5-10,17H,3-4,11-14,23H2,1H3. The van der Waals surface area contributed by atoms with Crippen molar-refractivity contribution in [2.45, 2.75) is 32.7 Å². The zero-order chi connectivity index (χ0) is 19.0. The molecule has 2 aliphatic heterocycles. The summed E-state index contributed by atoms with van der Waals surface area (Å²) >= 11 is 0. The molecule has 5 heteroatoms. The van der Waals surface area contributed by atoms with Crippen LogP contribution in [0, 0.1) is 12.8 Å². The van der Waals surface area contributed by atoms with E-state index in [0.717, 1.165) is 35.3 Å². The van der Waals surface area contributed by atoms with E-state index in [0.29, 0.717) is 26.1 Å². The van der Waals surface area contributed by atoms with Crippen LogP contribution in [-0.4, -0.2) is 29.8 Å². The summed E-state index contributed by atoms with van der Waals surface area (Å²) in [7, 11) is 0. The second kappa shape index (κ2) is 7.06. The van der Waals surface area contributed by atoms with Crippen LogP contribution in [0.1, 0.15) is 29.5 Å². The molecule has 1 fully saturated rings. The Balaban J connectivity index is 1.49. The fourth-order valence-corrected chi connectivity index (χ4v) is 4.11. The number of hydrogen-bond donors (Lipinski definition) is 1. The van der Waals surface area contributed by atoms with Crippen LogP contribution in [0.25, 0.3) is 0 Å². The summed E-state index contributed by atoms with van der Waals surface area (Å²) in [6, 6.07) is 13.9. The Morgan fingerprint density at radius 3 is 2.74 bits per heavy atom. The van der Waals surface area contributed by atoms with Crippen LogP contribution in [0.5, 0.6) is 0 Å². The zero-order valence-electron chi connectivity index (χ0n) is 15.6. The number of nitrogen functional groups attached to an aromatic ring is 1. The highest BCUT2D eigenvalue weighted by Crippen LogP contribution is 2.33. The molecule has 1 unspecified atom stereocenters. The second-order valence-electron chi connectivity index (χ2n) is 7.60. The van der Waals surface area contributed by atoms with Gasteiger partial charge in [0.1, 0.15) is 0 Å². The number of hydrogen-bond acceptors (Lipinski definition) is 3. The summed E-state index contributed by atoms with van der Waals surface area (Å²) in [5.41, 5.74) is 11.1. The summed E-state index contributed by atoms with van der Waals surface area (Å²) in [6.07, 6.45) is 2.09. The molecule has 0 aromatic heterocycles. The number of rotatable bonds is 3. The Morgan fingerprint density at radius 2 is 1.96 bits per heavy atom. The van der Waals surface area contributed by atoms with Gasteiger partial charge in [0.05, 0.1) is 5.92 Å². The minimum atomic E-state index is -0.282. The van der Waals surface area contributed by atoms with Gasteiger partial charge in [0.25, 0.3) is 0 Å². The molecule has 140 valence electrons. The molecule has 1 atom stereocenters. The maximum Gasteiger partial charge on any atom is 0.232 e. The lowest BCUT2D eigenvalue weighted by atomic mass is 9.97. The van der Waals surface area contributed by atoms with Crippen LogP contribution in [-0.2, 0) is 22.6 Å². The second-order valence-corrected chi connectivity index (χ2v) is 7.60. The lowest BCUT2D eigenvalue weighted by Crippen LogP contribution is -2.40. The minimum absolute atomic E-state index is 0.0429. The Bertz CT molecular complexity index is 876. The third-order valence-electron chi connectivity index (χ3n) is 5.61. The van der Waals surface area contributed by atoms with E-state index in [9.17, 15) is 9.59 Å². The SMILES string of the molecule is Cc1ccc(CN2CC(C(=O)N3CCCc4c(N)cccc43)CC2=O)cc1. The molecular weight excluding hydrogens is 338 g/mol. The van der Waals surface area contributed by atoms with Gasteiger partial charge in [0, 0.05) is 37.4 Å². The molecule has 2 aromatic carbocycles. The molecule has 4 rings (SSSR count). The minimum Gasteiger partial charge on any atom is -0.398 e. The first kappa shape index (κ1) is 17.6. The van der Waals surface area contributed by atoms with Gasteiger partial charge in [-0.05, 0) is 43.0 Å². The molecule has 0 spiro atoms. The van der Waals surface area contributed by atoms with Crippen molar-refractivity contribution >= 4 is 23.2 Å². The number of likely N-dealkylation sites (tertiary alicyclic amines) is 1. The van der Waals surface area contributed by atoms with E-state index in [1.807, 2.05) is 54.3 Å². The van der Waals surface area contributed by atoms with Gasteiger partial charge in [0.2, 0.25) is 11.8 Å². The van der Waals surface area contributed by atoms with E-state index in [2.05, 4.69) is 0 Å². The van der Waals surface area contributed by atoms with Crippen LogP contribution in [0.4, 0.5) is 11.4 Å². The molecule has 27 heavy (non-hydrogen) atoms. The average molecular weight is 363 g/mol. The summed E-state index contributed by atoms with van der Waals surface area (Å²) < 4.78 is 0. The summed E-state index contributed by atoms with van der Waals surface area (Å²) in [5.74, 6) is -0.185. The van der Waals surface area contributed by atoms with Gasteiger partial charge >= 0.3 is 0 Å². The number of aryl methyl sites for hydroxylation is 1. The quantitative estimate of drug-likeness (QED) is 0.853. The van der Waals surface area contributed by atoms with E-state index < -0.39 is 0 Å². The third-order valence-corrected chi connectivity index (χ3v) is 5.61. The van der Waals surface area contributed by atoms with Crippen molar-refractivity contribution in [3.63, 3.8) is 0 Å². The van der Waals surface area contributed by atoms with Crippen molar-refractivity contribution in [2.24, 2.45) is 5.92 Å². The lowest BCUT2D eigenvalue weighted by molar-refractivity contribution is -0.128. The lowest BCUT2D eigenvalue weighted by Gasteiger charge is -2.32. The van der Waals surface area contributed by atoms with Gasteiger partial charge in [-0.1, -0.05) is 35.9 Å². The van der Waals surface area contributed by atoms with Gasteiger partial charge in [-0.25, -0.2) is 0 Å². The van der Waals surface area contributed by atoms with Crippen LogP contribution in [0.3, 0.4) is 0 Å². The Kier molecular flexibility index (Phi) is 4.60. The molecule has 2 heterocycles.